The van der Waals surface area contributed by atoms with Crippen LogP contribution < -0.4 is 0 Å². The zero-order valence-corrected chi connectivity index (χ0v) is 18.5. The predicted octanol–water partition coefficient (Wildman–Crippen LogP) is 1.49. The van der Waals surface area contributed by atoms with E-state index in [0.29, 0.717) is 26.2 Å². The van der Waals surface area contributed by atoms with Gasteiger partial charge in [0.15, 0.2) is 0 Å². The first-order valence-electron chi connectivity index (χ1n) is 10.4. The highest BCUT2D eigenvalue weighted by atomic mass is 32.2. The van der Waals surface area contributed by atoms with Crippen LogP contribution >= 0.6 is 0 Å². The SMILES string of the molecule is Cn1cnc2ccc(S(=O)(=O)N3CC(=C4CN(C(=O)[C@H](CO)c5ccccc5)C4)C3)cc21. The fourth-order valence-corrected chi connectivity index (χ4v) is 5.66. The Morgan fingerprint density at radius 3 is 2.44 bits per heavy atom. The quantitative estimate of drug-likeness (QED) is 0.592. The summed E-state index contributed by atoms with van der Waals surface area (Å²) in [5.41, 5.74) is 4.51. The van der Waals surface area contributed by atoms with E-state index < -0.39 is 15.9 Å². The Balaban J connectivity index is 1.24. The van der Waals surface area contributed by atoms with Crippen molar-refractivity contribution in [3.8, 4) is 0 Å². The molecule has 0 unspecified atom stereocenters. The highest BCUT2D eigenvalue weighted by molar-refractivity contribution is 7.89. The number of carbonyl (C=O) groups excluding carboxylic acids is 1. The van der Waals surface area contributed by atoms with Crippen molar-refractivity contribution in [2.45, 2.75) is 10.8 Å². The summed E-state index contributed by atoms with van der Waals surface area (Å²) in [5.74, 6) is -0.667. The monoisotopic (exact) mass is 452 g/mol. The number of likely N-dealkylation sites (tertiary alicyclic amines) is 1. The molecule has 32 heavy (non-hydrogen) atoms. The highest BCUT2D eigenvalue weighted by Crippen LogP contribution is 2.32. The van der Waals surface area contributed by atoms with E-state index in [9.17, 15) is 18.3 Å². The molecule has 2 aliphatic heterocycles. The lowest BCUT2D eigenvalue weighted by molar-refractivity contribution is -0.135. The number of hydrogen-bond acceptors (Lipinski definition) is 5. The fourth-order valence-electron chi connectivity index (χ4n) is 4.21. The number of aliphatic hydroxyl groups is 1. The van der Waals surface area contributed by atoms with Crippen molar-refractivity contribution >= 4 is 27.0 Å². The van der Waals surface area contributed by atoms with Crippen LogP contribution in [-0.4, -0.2) is 71.0 Å². The number of fused-ring (bicyclic) bond motifs is 1. The maximum Gasteiger partial charge on any atom is 0.243 e. The summed E-state index contributed by atoms with van der Waals surface area (Å²) < 4.78 is 29.3. The third-order valence-electron chi connectivity index (χ3n) is 6.33. The van der Waals surface area contributed by atoms with E-state index in [0.717, 1.165) is 27.7 Å². The van der Waals surface area contributed by atoms with Gasteiger partial charge in [-0.15, -0.1) is 0 Å². The number of imidazole rings is 1. The van der Waals surface area contributed by atoms with Gasteiger partial charge >= 0.3 is 0 Å². The maximum atomic E-state index is 13.0. The molecular weight excluding hydrogens is 428 g/mol. The Morgan fingerprint density at radius 2 is 1.75 bits per heavy atom. The van der Waals surface area contributed by atoms with E-state index in [1.807, 2.05) is 37.4 Å². The van der Waals surface area contributed by atoms with E-state index in [2.05, 4.69) is 4.98 Å². The number of benzene rings is 2. The molecule has 1 aromatic heterocycles. The first-order chi connectivity index (χ1) is 15.4. The predicted molar refractivity (Wildman–Crippen MR) is 119 cm³/mol. The minimum absolute atomic E-state index is 0.101. The summed E-state index contributed by atoms with van der Waals surface area (Å²) in [4.78, 5) is 19.0. The molecule has 2 fully saturated rings. The topological polar surface area (TPSA) is 95.7 Å². The van der Waals surface area contributed by atoms with Gasteiger partial charge in [0, 0.05) is 33.2 Å². The van der Waals surface area contributed by atoms with E-state index >= 15 is 0 Å². The number of aliphatic hydroxyl groups excluding tert-OH is 1. The first-order valence-corrected chi connectivity index (χ1v) is 11.9. The second-order valence-corrected chi connectivity index (χ2v) is 10.3. The summed E-state index contributed by atoms with van der Waals surface area (Å²) >= 11 is 0. The Morgan fingerprint density at radius 1 is 1.06 bits per heavy atom. The average molecular weight is 453 g/mol. The Labute approximate surface area is 186 Å². The normalized spacial score (nSPS) is 17.9. The molecule has 5 rings (SSSR count). The third kappa shape index (κ3) is 3.42. The minimum Gasteiger partial charge on any atom is -0.395 e. The van der Waals surface area contributed by atoms with Crippen LogP contribution in [0, 0.1) is 0 Å². The molecule has 3 heterocycles. The summed E-state index contributed by atoms with van der Waals surface area (Å²) in [6.07, 6.45) is 1.66. The van der Waals surface area contributed by atoms with Gasteiger partial charge < -0.3 is 14.6 Å². The number of rotatable bonds is 5. The van der Waals surface area contributed by atoms with Gasteiger partial charge in [-0.1, -0.05) is 30.3 Å². The molecule has 1 atom stereocenters. The largest absolute Gasteiger partial charge is 0.395 e. The number of amides is 1. The van der Waals surface area contributed by atoms with Crippen LogP contribution in [0.15, 0.2) is 70.9 Å². The van der Waals surface area contributed by atoms with Gasteiger partial charge in [0.1, 0.15) is 0 Å². The van der Waals surface area contributed by atoms with Crippen LogP contribution in [0.4, 0.5) is 0 Å². The minimum atomic E-state index is -3.58. The molecule has 8 nitrogen and oxygen atoms in total. The first kappa shape index (κ1) is 20.9. The number of carbonyl (C=O) groups is 1. The molecule has 0 radical (unpaired) electrons. The summed E-state index contributed by atoms with van der Waals surface area (Å²) in [6.45, 7) is 1.45. The van der Waals surface area contributed by atoms with Crippen molar-refractivity contribution < 1.29 is 18.3 Å². The van der Waals surface area contributed by atoms with Crippen LogP contribution in [0.25, 0.3) is 11.0 Å². The molecule has 0 bridgehead atoms. The zero-order chi connectivity index (χ0) is 22.5. The number of aryl methyl sites for hydroxylation is 1. The Bertz CT molecular complexity index is 1310. The zero-order valence-electron chi connectivity index (χ0n) is 17.7. The molecule has 2 aromatic carbocycles. The maximum absolute atomic E-state index is 13.0. The molecule has 0 saturated carbocycles. The van der Waals surface area contributed by atoms with Gasteiger partial charge in [-0.25, -0.2) is 13.4 Å². The molecule has 0 aliphatic carbocycles. The molecule has 166 valence electrons. The van der Waals surface area contributed by atoms with Gasteiger partial charge in [-0.2, -0.15) is 4.31 Å². The molecule has 2 aliphatic rings. The van der Waals surface area contributed by atoms with Crippen molar-refractivity contribution in [1.29, 1.82) is 0 Å². The summed E-state index contributed by atoms with van der Waals surface area (Å²) in [7, 11) is -1.74. The molecule has 0 spiro atoms. The number of nitrogens with zero attached hydrogens (tertiary/aromatic N) is 4. The van der Waals surface area contributed by atoms with Crippen LogP contribution in [0.3, 0.4) is 0 Å². The number of sulfonamides is 1. The van der Waals surface area contributed by atoms with E-state index in [1.54, 1.807) is 34.0 Å². The second-order valence-electron chi connectivity index (χ2n) is 8.33. The van der Waals surface area contributed by atoms with Gasteiger partial charge in [-0.05, 0) is 34.9 Å². The number of hydrogen-bond donors (Lipinski definition) is 1. The highest BCUT2D eigenvalue weighted by Gasteiger charge is 2.39. The lowest BCUT2D eigenvalue weighted by Gasteiger charge is -2.42. The van der Waals surface area contributed by atoms with Gasteiger partial charge in [-0.3, -0.25) is 4.79 Å². The van der Waals surface area contributed by atoms with Crippen molar-refractivity contribution in [3.63, 3.8) is 0 Å². The van der Waals surface area contributed by atoms with Gasteiger partial charge in [0.05, 0.1) is 34.8 Å². The molecule has 1 amide bonds. The fraction of sp³-hybridized carbons (Fsp3) is 0.304. The molecular formula is C23H24N4O4S. The van der Waals surface area contributed by atoms with Crippen molar-refractivity contribution in [1.82, 2.24) is 18.8 Å². The molecule has 3 aromatic rings. The lowest BCUT2D eigenvalue weighted by atomic mass is 9.92. The van der Waals surface area contributed by atoms with E-state index in [-0.39, 0.29) is 17.4 Å². The second kappa shape index (κ2) is 7.84. The van der Waals surface area contributed by atoms with Crippen LogP contribution in [0.1, 0.15) is 11.5 Å². The van der Waals surface area contributed by atoms with Gasteiger partial charge in [0.2, 0.25) is 15.9 Å². The summed E-state index contributed by atoms with van der Waals surface area (Å²) in [5, 5.41) is 9.71. The number of aromatic nitrogens is 2. The smallest absolute Gasteiger partial charge is 0.243 e. The van der Waals surface area contributed by atoms with Crippen LogP contribution in [-0.2, 0) is 21.9 Å². The molecule has 9 heteroatoms. The summed E-state index contributed by atoms with van der Waals surface area (Å²) in [6, 6.07) is 14.2. The van der Waals surface area contributed by atoms with Gasteiger partial charge in [0.25, 0.3) is 0 Å². The standard InChI is InChI=1S/C23H24N4O4S/c1-25-15-24-21-8-7-19(9-22(21)25)32(30,31)27-12-18(13-27)17-10-26(11-17)23(29)20(14-28)16-5-3-2-4-6-16/h2-9,15,20,28H,10-14H2,1H3/t20-/m1/s1. The van der Waals surface area contributed by atoms with Crippen LogP contribution in [0.2, 0.25) is 0 Å². The van der Waals surface area contributed by atoms with Crippen LogP contribution in [0.5, 0.6) is 0 Å². The molecule has 2 saturated heterocycles. The average Bonchev–Trinajstić information content (AvgIpc) is 3.10. The Hall–Kier alpha value is -3.01. The van der Waals surface area contributed by atoms with Crippen molar-refractivity contribution in [3.05, 3.63) is 71.6 Å². The molecule has 1 N–H and O–H groups in total. The third-order valence-corrected chi connectivity index (χ3v) is 8.11. The van der Waals surface area contributed by atoms with E-state index in [4.69, 9.17) is 0 Å². The Kier molecular flexibility index (Phi) is 5.11. The van der Waals surface area contributed by atoms with Crippen molar-refractivity contribution in [2.24, 2.45) is 7.05 Å². The van der Waals surface area contributed by atoms with E-state index in [1.165, 1.54) is 4.31 Å². The van der Waals surface area contributed by atoms with Crippen molar-refractivity contribution in [2.75, 3.05) is 32.8 Å². The lowest BCUT2D eigenvalue weighted by Crippen LogP contribution is -2.52.